The van der Waals surface area contributed by atoms with Crippen LogP contribution in [0.4, 0.5) is 5.69 Å². The second kappa shape index (κ2) is 11.4. The lowest BCUT2D eigenvalue weighted by molar-refractivity contribution is 0.0956. The Bertz CT molecular complexity index is 1190. The maximum absolute atomic E-state index is 12.4. The van der Waals surface area contributed by atoms with E-state index < -0.39 is 10.0 Å². The fourth-order valence-electron chi connectivity index (χ4n) is 3.44. The third-order valence-corrected chi connectivity index (χ3v) is 7.29. The minimum absolute atomic E-state index is 0.128. The Morgan fingerprint density at radius 1 is 0.909 bits per heavy atom. The Morgan fingerprint density at radius 3 is 2.21 bits per heavy atom. The van der Waals surface area contributed by atoms with Gasteiger partial charge in [-0.05, 0) is 54.8 Å². The number of anilines is 1. The molecule has 0 aliphatic heterocycles. The molecule has 174 valence electrons. The van der Waals surface area contributed by atoms with Crippen LogP contribution >= 0.6 is 11.8 Å². The van der Waals surface area contributed by atoms with Crippen molar-refractivity contribution in [2.24, 2.45) is 0 Å². The molecule has 0 aromatic heterocycles. The number of amides is 1. The number of aryl methyl sites for hydroxylation is 2. The standard InChI is InChI=1S/C26H30N2O3S2/c1-20-6-4-8-23(16-20)19-32-15-14-27-26(29)24-12-10-22(11-13-24)18-28(33(3,30)31)25-9-5-7-21(2)17-25/h4-13,16-17H,14-15,18-19H2,1-3H3,(H,27,29). The molecule has 0 radical (unpaired) electrons. The molecule has 0 atom stereocenters. The summed E-state index contributed by atoms with van der Waals surface area (Å²) in [4.78, 5) is 12.4. The minimum Gasteiger partial charge on any atom is -0.351 e. The van der Waals surface area contributed by atoms with Gasteiger partial charge in [0.25, 0.3) is 5.91 Å². The van der Waals surface area contributed by atoms with Crippen LogP contribution in [0, 0.1) is 13.8 Å². The lowest BCUT2D eigenvalue weighted by atomic mass is 10.1. The van der Waals surface area contributed by atoms with Crippen LogP contribution in [-0.2, 0) is 22.3 Å². The topological polar surface area (TPSA) is 66.5 Å². The van der Waals surface area contributed by atoms with Crippen LogP contribution in [0.25, 0.3) is 0 Å². The second-order valence-electron chi connectivity index (χ2n) is 8.10. The highest BCUT2D eigenvalue weighted by Gasteiger charge is 2.18. The molecule has 0 saturated heterocycles. The fraction of sp³-hybridized carbons (Fsp3) is 0.269. The van der Waals surface area contributed by atoms with E-state index in [4.69, 9.17) is 0 Å². The van der Waals surface area contributed by atoms with E-state index in [1.165, 1.54) is 21.7 Å². The summed E-state index contributed by atoms with van der Waals surface area (Å²) in [5.74, 6) is 1.62. The first-order valence-corrected chi connectivity index (χ1v) is 13.8. The summed E-state index contributed by atoms with van der Waals surface area (Å²) in [7, 11) is -3.45. The molecule has 1 N–H and O–H groups in total. The highest BCUT2D eigenvalue weighted by atomic mass is 32.2. The minimum atomic E-state index is -3.45. The summed E-state index contributed by atoms with van der Waals surface area (Å²) in [6.07, 6.45) is 1.20. The molecule has 3 aromatic carbocycles. The third-order valence-electron chi connectivity index (χ3n) is 5.12. The van der Waals surface area contributed by atoms with Crippen LogP contribution in [0.1, 0.15) is 32.6 Å². The van der Waals surface area contributed by atoms with Gasteiger partial charge in [0, 0.05) is 23.6 Å². The number of nitrogens with zero attached hydrogens (tertiary/aromatic N) is 1. The quantitative estimate of drug-likeness (QED) is 0.416. The van der Waals surface area contributed by atoms with E-state index in [2.05, 4.69) is 36.5 Å². The van der Waals surface area contributed by atoms with E-state index in [-0.39, 0.29) is 12.5 Å². The number of rotatable bonds is 10. The van der Waals surface area contributed by atoms with Crippen molar-refractivity contribution in [1.29, 1.82) is 0 Å². The number of thioether (sulfide) groups is 1. The number of carbonyl (C=O) groups is 1. The van der Waals surface area contributed by atoms with E-state index in [9.17, 15) is 13.2 Å². The van der Waals surface area contributed by atoms with Crippen molar-refractivity contribution in [3.05, 3.63) is 101 Å². The molecule has 5 nitrogen and oxygen atoms in total. The van der Waals surface area contributed by atoms with Crippen LogP contribution in [0.15, 0.2) is 72.8 Å². The molecule has 0 unspecified atom stereocenters. The Labute approximate surface area is 201 Å². The molecular weight excluding hydrogens is 452 g/mol. The van der Waals surface area contributed by atoms with Gasteiger partial charge in [0.2, 0.25) is 10.0 Å². The molecule has 3 aromatic rings. The highest BCUT2D eigenvalue weighted by molar-refractivity contribution is 7.98. The van der Waals surface area contributed by atoms with Crippen molar-refractivity contribution in [3.63, 3.8) is 0 Å². The first-order chi connectivity index (χ1) is 15.7. The zero-order valence-electron chi connectivity index (χ0n) is 19.2. The molecule has 0 bridgehead atoms. The first kappa shape index (κ1) is 24.9. The molecular formula is C26H30N2O3S2. The molecule has 3 rings (SSSR count). The molecule has 33 heavy (non-hydrogen) atoms. The molecule has 1 amide bonds. The van der Waals surface area contributed by atoms with E-state index in [1.54, 1.807) is 42.1 Å². The lowest BCUT2D eigenvalue weighted by Crippen LogP contribution is -2.29. The normalized spacial score (nSPS) is 11.2. The number of hydrogen-bond donors (Lipinski definition) is 1. The van der Waals surface area contributed by atoms with E-state index >= 15 is 0 Å². The second-order valence-corrected chi connectivity index (χ2v) is 11.1. The van der Waals surface area contributed by atoms with Gasteiger partial charge in [0.05, 0.1) is 18.5 Å². The van der Waals surface area contributed by atoms with E-state index in [0.29, 0.717) is 17.8 Å². The largest absolute Gasteiger partial charge is 0.351 e. The summed E-state index contributed by atoms with van der Waals surface area (Å²) >= 11 is 1.79. The fourth-order valence-corrected chi connectivity index (χ4v) is 5.13. The van der Waals surface area contributed by atoms with Gasteiger partial charge in [-0.2, -0.15) is 11.8 Å². The van der Waals surface area contributed by atoms with Crippen LogP contribution in [0.5, 0.6) is 0 Å². The van der Waals surface area contributed by atoms with Crippen molar-refractivity contribution in [1.82, 2.24) is 5.32 Å². The van der Waals surface area contributed by atoms with E-state index in [1.807, 2.05) is 25.1 Å². The van der Waals surface area contributed by atoms with Crippen LogP contribution in [-0.4, -0.2) is 32.9 Å². The lowest BCUT2D eigenvalue weighted by Gasteiger charge is -2.23. The average Bonchev–Trinajstić information content (AvgIpc) is 2.77. The molecule has 0 aliphatic carbocycles. The highest BCUT2D eigenvalue weighted by Crippen LogP contribution is 2.22. The van der Waals surface area contributed by atoms with Crippen molar-refractivity contribution >= 4 is 33.4 Å². The zero-order valence-corrected chi connectivity index (χ0v) is 20.9. The number of nitrogens with one attached hydrogen (secondary N) is 1. The molecule has 0 spiro atoms. The van der Waals surface area contributed by atoms with Gasteiger partial charge < -0.3 is 5.32 Å². The maximum Gasteiger partial charge on any atom is 0.251 e. The van der Waals surface area contributed by atoms with Crippen molar-refractivity contribution in [2.75, 3.05) is 22.9 Å². The Morgan fingerprint density at radius 2 is 1.58 bits per heavy atom. The van der Waals surface area contributed by atoms with Gasteiger partial charge in [0.1, 0.15) is 0 Å². The molecule has 0 aliphatic rings. The van der Waals surface area contributed by atoms with Crippen molar-refractivity contribution in [2.45, 2.75) is 26.1 Å². The predicted octanol–water partition coefficient (Wildman–Crippen LogP) is 4.93. The monoisotopic (exact) mass is 482 g/mol. The van der Waals surface area contributed by atoms with Gasteiger partial charge in [-0.15, -0.1) is 0 Å². The number of benzene rings is 3. The summed E-state index contributed by atoms with van der Waals surface area (Å²) in [5, 5.41) is 2.95. The number of hydrogen-bond acceptors (Lipinski definition) is 4. The molecule has 0 heterocycles. The third kappa shape index (κ3) is 7.65. The van der Waals surface area contributed by atoms with Gasteiger partial charge in [0.15, 0.2) is 0 Å². The molecule has 0 saturated carbocycles. The SMILES string of the molecule is Cc1cccc(CSCCNC(=O)c2ccc(CN(c3cccc(C)c3)S(C)(=O)=O)cc2)c1. The summed E-state index contributed by atoms with van der Waals surface area (Å²) < 4.78 is 26.1. The smallest absolute Gasteiger partial charge is 0.251 e. The zero-order chi connectivity index (χ0) is 23.8. The average molecular weight is 483 g/mol. The summed E-state index contributed by atoms with van der Waals surface area (Å²) in [6.45, 7) is 4.81. The number of sulfonamides is 1. The molecule has 7 heteroatoms. The van der Waals surface area contributed by atoms with E-state index in [0.717, 1.165) is 22.6 Å². The van der Waals surface area contributed by atoms with Crippen molar-refractivity contribution in [3.8, 4) is 0 Å². The Kier molecular flexibility index (Phi) is 8.58. The maximum atomic E-state index is 12.4. The van der Waals surface area contributed by atoms with Crippen LogP contribution < -0.4 is 9.62 Å². The van der Waals surface area contributed by atoms with Gasteiger partial charge in [-0.3, -0.25) is 9.10 Å². The summed E-state index contributed by atoms with van der Waals surface area (Å²) in [6, 6.07) is 22.9. The van der Waals surface area contributed by atoms with Gasteiger partial charge in [-0.25, -0.2) is 8.42 Å². The number of carbonyl (C=O) groups excluding carboxylic acids is 1. The van der Waals surface area contributed by atoms with Crippen LogP contribution in [0.2, 0.25) is 0 Å². The summed E-state index contributed by atoms with van der Waals surface area (Å²) in [5.41, 5.74) is 5.53. The van der Waals surface area contributed by atoms with Crippen LogP contribution in [0.3, 0.4) is 0 Å². The van der Waals surface area contributed by atoms with Crippen molar-refractivity contribution < 1.29 is 13.2 Å². The predicted molar refractivity (Wildman–Crippen MR) is 138 cm³/mol. The Hall–Kier alpha value is -2.77. The van der Waals surface area contributed by atoms with Gasteiger partial charge >= 0.3 is 0 Å². The Balaban J connectivity index is 1.52. The van der Waals surface area contributed by atoms with Gasteiger partial charge in [-0.1, -0.05) is 54.1 Å². The first-order valence-electron chi connectivity index (χ1n) is 10.8. The molecule has 0 fully saturated rings.